The van der Waals surface area contributed by atoms with Crippen LogP contribution in [0.2, 0.25) is 0 Å². The van der Waals surface area contributed by atoms with Crippen LogP contribution in [0, 0.1) is 0 Å². The molecule has 1 unspecified atom stereocenters. The zero-order chi connectivity index (χ0) is 26.4. The maximum atomic E-state index is 12.5. The zero-order valence-electron chi connectivity index (χ0n) is 20.9. The first kappa shape index (κ1) is 27.7. The monoisotopic (exact) mass is 506 g/mol. The van der Waals surface area contributed by atoms with Gasteiger partial charge in [-0.1, -0.05) is 32.4 Å². The van der Waals surface area contributed by atoms with Crippen molar-refractivity contribution in [3.8, 4) is 17.2 Å². The Morgan fingerprint density at radius 2 is 1.53 bits per heavy atom. The minimum Gasteiger partial charge on any atom is -0.457 e. The number of hydrogen-bond donors (Lipinski definition) is 0. The Morgan fingerprint density at radius 3 is 2.03 bits per heavy atom. The van der Waals surface area contributed by atoms with Crippen LogP contribution in [-0.2, 0) is 15.1 Å². The van der Waals surface area contributed by atoms with Gasteiger partial charge in [-0.05, 0) is 81.4 Å². The lowest BCUT2D eigenvalue weighted by Crippen LogP contribution is -2.63. The number of halogens is 3. The molecule has 1 aliphatic rings. The molecule has 196 valence electrons. The number of carbonyl (C=O) groups excluding carboxylic acids is 2. The van der Waals surface area contributed by atoms with E-state index in [0.717, 1.165) is 44.4 Å². The fourth-order valence-corrected chi connectivity index (χ4v) is 5.07. The van der Waals surface area contributed by atoms with Crippen molar-refractivity contribution in [2.45, 2.75) is 57.0 Å². The Labute approximate surface area is 210 Å². The zero-order valence-corrected chi connectivity index (χ0v) is 20.9. The standard InChI is InChI=1S/C27H33F3N2O4/c1-4-15-25(31(3)5-2)16-6-17-32(18-25)26(19-33,20-34)21-7-9-22(10-8-21)35-23-11-13-24(14-12-23)36-27(28,29)30/h7-14,19-20H,4-6,15-18H2,1-3H3. The van der Waals surface area contributed by atoms with Gasteiger partial charge in [-0.25, -0.2) is 0 Å². The van der Waals surface area contributed by atoms with E-state index in [1.807, 2.05) is 4.90 Å². The molecular weight excluding hydrogens is 473 g/mol. The number of nitrogens with zero attached hydrogens (tertiary/aromatic N) is 2. The Balaban J connectivity index is 1.81. The summed E-state index contributed by atoms with van der Waals surface area (Å²) in [7, 11) is 2.09. The fourth-order valence-electron chi connectivity index (χ4n) is 5.07. The van der Waals surface area contributed by atoms with Crippen molar-refractivity contribution in [1.82, 2.24) is 9.80 Å². The molecule has 9 heteroatoms. The van der Waals surface area contributed by atoms with Gasteiger partial charge in [0.25, 0.3) is 0 Å². The summed E-state index contributed by atoms with van der Waals surface area (Å²) in [6, 6.07) is 11.7. The summed E-state index contributed by atoms with van der Waals surface area (Å²) in [5.74, 6) is 0.386. The largest absolute Gasteiger partial charge is 0.573 e. The Hall–Kier alpha value is -2.91. The Kier molecular flexibility index (Phi) is 8.79. The van der Waals surface area contributed by atoms with Gasteiger partial charge in [0, 0.05) is 12.1 Å². The van der Waals surface area contributed by atoms with Crippen LogP contribution in [0.5, 0.6) is 17.2 Å². The highest BCUT2D eigenvalue weighted by Crippen LogP contribution is 2.37. The third-order valence-corrected chi connectivity index (χ3v) is 7.05. The molecule has 1 aliphatic heterocycles. The van der Waals surface area contributed by atoms with E-state index >= 15 is 0 Å². The first-order chi connectivity index (χ1) is 17.1. The number of hydrogen-bond acceptors (Lipinski definition) is 6. The number of ether oxygens (including phenoxy) is 2. The molecule has 1 fully saturated rings. The number of likely N-dealkylation sites (N-methyl/N-ethyl adjacent to an activating group) is 1. The lowest BCUT2D eigenvalue weighted by molar-refractivity contribution is -0.274. The minimum atomic E-state index is -4.77. The first-order valence-corrected chi connectivity index (χ1v) is 12.1. The second-order valence-corrected chi connectivity index (χ2v) is 9.22. The molecule has 36 heavy (non-hydrogen) atoms. The molecule has 0 spiro atoms. The van der Waals surface area contributed by atoms with E-state index < -0.39 is 11.9 Å². The molecule has 0 aromatic heterocycles. The van der Waals surface area contributed by atoms with Crippen LogP contribution in [0.4, 0.5) is 13.2 Å². The second kappa shape index (κ2) is 11.4. The predicted molar refractivity (Wildman–Crippen MR) is 130 cm³/mol. The minimum absolute atomic E-state index is 0.107. The topological polar surface area (TPSA) is 59.1 Å². The molecular formula is C27H33F3N2O4. The average Bonchev–Trinajstić information content (AvgIpc) is 2.86. The smallest absolute Gasteiger partial charge is 0.457 e. The molecule has 0 radical (unpaired) electrons. The molecule has 1 heterocycles. The summed E-state index contributed by atoms with van der Waals surface area (Å²) in [5.41, 5.74) is -0.979. The lowest BCUT2D eigenvalue weighted by atomic mass is 9.79. The molecule has 0 aliphatic carbocycles. The summed E-state index contributed by atoms with van der Waals surface area (Å²) in [5, 5.41) is 0. The molecule has 3 rings (SSSR count). The molecule has 0 bridgehead atoms. The number of benzene rings is 2. The average molecular weight is 507 g/mol. The Morgan fingerprint density at radius 1 is 0.972 bits per heavy atom. The molecule has 2 aromatic carbocycles. The number of carbonyl (C=O) groups is 2. The number of likely N-dealkylation sites (tertiary alicyclic amines) is 1. The van der Waals surface area contributed by atoms with E-state index in [9.17, 15) is 22.8 Å². The van der Waals surface area contributed by atoms with Gasteiger partial charge in [0.2, 0.25) is 0 Å². The van der Waals surface area contributed by atoms with Gasteiger partial charge in [-0.15, -0.1) is 13.2 Å². The van der Waals surface area contributed by atoms with Crippen molar-refractivity contribution >= 4 is 12.6 Å². The summed E-state index contributed by atoms with van der Waals surface area (Å²) in [6.45, 7) is 6.36. The van der Waals surface area contributed by atoms with Crippen molar-refractivity contribution in [3.63, 3.8) is 0 Å². The number of piperidine rings is 1. The van der Waals surface area contributed by atoms with Crippen molar-refractivity contribution < 1.29 is 32.2 Å². The Bertz CT molecular complexity index is 999. The van der Waals surface area contributed by atoms with Gasteiger partial charge in [0.05, 0.1) is 0 Å². The highest BCUT2D eigenvalue weighted by atomic mass is 19.4. The van der Waals surface area contributed by atoms with Gasteiger partial charge >= 0.3 is 6.36 Å². The van der Waals surface area contributed by atoms with Crippen molar-refractivity contribution in [2.75, 3.05) is 26.7 Å². The first-order valence-electron chi connectivity index (χ1n) is 12.1. The van der Waals surface area contributed by atoms with E-state index in [1.54, 1.807) is 24.3 Å². The van der Waals surface area contributed by atoms with Crippen LogP contribution in [0.3, 0.4) is 0 Å². The highest BCUT2D eigenvalue weighted by molar-refractivity contribution is 5.91. The number of aldehydes is 2. The van der Waals surface area contributed by atoms with Crippen LogP contribution in [-0.4, -0.2) is 61.0 Å². The lowest BCUT2D eigenvalue weighted by Gasteiger charge is -2.51. The normalized spacial score (nSPS) is 19.2. The van der Waals surface area contributed by atoms with Crippen LogP contribution >= 0.6 is 0 Å². The quantitative estimate of drug-likeness (QED) is 0.294. The molecule has 6 nitrogen and oxygen atoms in total. The fraction of sp³-hybridized carbons (Fsp3) is 0.481. The number of rotatable bonds is 11. The SMILES string of the molecule is CCCC1(N(C)CC)CCCN(C(C=O)(C=O)c2ccc(Oc3ccc(OC(F)(F)F)cc3)cc2)C1. The van der Waals surface area contributed by atoms with Gasteiger partial charge in [0.1, 0.15) is 17.2 Å². The van der Waals surface area contributed by atoms with Gasteiger partial charge in [-0.2, -0.15) is 0 Å². The van der Waals surface area contributed by atoms with Crippen molar-refractivity contribution in [1.29, 1.82) is 0 Å². The summed E-state index contributed by atoms with van der Waals surface area (Å²) >= 11 is 0. The van der Waals surface area contributed by atoms with Crippen molar-refractivity contribution in [2.24, 2.45) is 0 Å². The summed E-state index contributed by atoms with van der Waals surface area (Å²) < 4.78 is 46.6. The summed E-state index contributed by atoms with van der Waals surface area (Å²) in [4.78, 5) is 29.2. The van der Waals surface area contributed by atoms with E-state index in [0.29, 0.717) is 42.7 Å². The van der Waals surface area contributed by atoms with E-state index in [2.05, 4.69) is 30.5 Å². The van der Waals surface area contributed by atoms with Crippen LogP contribution in [0.1, 0.15) is 45.1 Å². The third-order valence-electron chi connectivity index (χ3n) is 7.05. The molecule has 0 N–H and O–H groups in total. The highest BCUT2D eigenvalue weighted by Gasteiger charge is 2.46. The van der Waals surface area contributed by atoms with E-state index in [4.69, 9.17) is 4.74 Å². The number of alkyl halides is 3. The summed E-state index contributed by atoms with van der Waals surface area (Å²) in [6.07, 6.45) is 0.521. The molecule has 1 saturated heterocycles. The second-order valence-electron chi connectivity index (χ2n) is 9.22. The van der Waals surface area contributed by atoms with E-state index in [1.165, 1.54) is 12.1 Å². The van der Waals surface area contributed by atoms with Crippen molar-refractivity contribution in [3.05, 3.63) is 54.1 Å². The maximum Gasteiger partial charge on any atom is 0.573 e. The van der Waals surface area contributed by atoms with Gasteiger partial charge in [-0.3, -0.25) is 9.80 Å². The van der Waals surface area contributed by atoms with Crippen LogP contribution < -0.4 is 9.47 Å². The third kappa shape index (κ3) is 6.07. The maximum absolute atomic E-state index is 12.5. The van der Waals surface area contributed by atoms with Gasteiger partial charge < -0.3 is 19.1 Å². The van der Waals surface area contributed by atoms with Gasteiger partial charge in [0.15, 0.2) is 18.1 Å². The molecule has 2 aromatic rings. The predicted octanol–water partition coefficient (Wildman–Crippen LogP) is 5.56. The van der Waals surface area contributed by atoms with E-state index in [-0.39, 0.29) is 11.3 Å². The molecule has 0 amide bonds. The molecule has 1 atom stereocenters. The van der Waals surface area contributed by atoms with Crippen LogP contribution in [0.15, 0.2) is 48.5 Å². The molecule has 0 saturated carbocycles. The van der Waals surface area contributed by atoms with Crippen LogP contribution in [0.25, 0.3) is 0 Å².